The van der Waals surface area contributed by atoms with Crippen molar-refractivity contribution >= 4 is 17.8 Å². The minimum absolute atomic E-state index is 0.0512. The molecule has 0 aliphatic carbocycles. The van der Waals surface area contributed by atoms with Crippen LogP contribution in [0.1, 0.15) is 17.6 Å². The van der Waals surface area contributed by atoms with Crippen molar-refractivity contribution in [2.75, 3.05) is 32.8 Å². The highest BCUT2D eigenvalue weighted by atomic mass is 16.5. The lowest BCUT2D eigenvalue weighted by Gasteiger charge is -2.33. The number of urea groups is 1. The van der Waals surface area contributed by atoms with Gasteiger partial charge in [-0.1, -0.05) is 0 Å². The van der Waals surface area contributed by atoms with Crippen LogP contribution in [0.4, 0.5) is 4.79 Å². The molecule has 0 bridgehead atoms. The summed E-state index contributed by atoms with van der Waals surface area (Å²) >= 11 is 0. The maximum Gasteiger partial charge on any atom is 0.325 e. The van der Waals surface area contributed by atoms with E-state index in [4.69, 9.17) is 4.74 Å². The second-order valence-electron chi connectivity index (χ2n) is 5.69. The number of imide groups is 1. The second kappa shape index (κ2) is 5.99. The first-order chi connectivity index (χ1) is 11.0. The number of amides is 4. The van der Waals surface area contributed by atoms with Crippen molar-refractivity contribution in [3.8, 4) is 0 Å². The van der Waals surface area contributed by atoms with E-state index in [1.54, 1.807) is 4.90 Å². The minimum atomic E-state index is -0.520. The fraction of sp³-hybridized carbons (Fsp3) is 0.571. The fourth-order valence-electron chi connectivity index (χ4n) is 2.82. The Labute approximate surface area is 133 Å². The average Bonchev–Trinajstić information content (AvgIpc) is 3.03. The quantitative estimate of drug-likeness (QED) is 0.734. The van der Waals surface area contributed by atoms with E-state index >= 15 is 0 Å². The number of morpholine rings is 1. The van der Waals surface area contributed by atoms with Gasteiger partial charge in [-0.3, -0.25) is 14.5 Å². The van der Waals surface area contributed by atoms with Crippen molar-refractivity contribution in [2.24, 2.45) is 7.05 Å². The third kappa shape index (κ3) is 3.04. The van der Waals surface area contributed by atoms with Crippen molar-refractivity contribution in [1.29, 1.82) is 0 Å². The molecule has 1 aromatic heterocycles. The van der Waals surface area contributed by atoms with Gasteiger partial charge in [0.2, 0.25) is 5.91 Å². The summed E-state index contributed by atoms with van der Waals surface area (Å²) < 4.78 is 7.59. The van der Waals surface area contributed by atoms with Gasteiger partial charge in [-0.05, 0) is 6.92 Å². The Kier molecular flexibility index (Phi) is 4.03. The average molecular weight is 321 g/mol. The van der Waals surface area contributed by atoms with Gasteiger partial charge in [0, 0.05) is 19.8 Å². The molecule has 2 aliphatic heterocycles. The molecule has 0 saturated carbocycles. The summed E-state index contributed by atoms with van der Waals surface area (Å²) in [6.45, 7) is 2.78. The van der Waals surface area contributed by atoms with Gasteiger partial charge in [0.25, 0.3) is 5.91 Å². The van der Waals surface area contributed by atoms with Gasteiger partial charge in [-0.25, -0.2) is 9.78 Å². The van der Waals surface area contributed by atoms with Crippen molar-refractivity contribution < 1.29 is 19.1 Å². The molecule has 0 spiro atoms. The highest BCUT2D eigenvalue weighted by Gasteiger charge is 2.34. The number of imidazole rings is 1. The number of aryl methyl sites for hydroxylation is 2. The molecule has 1 N–H and O–H groups in total. The number of nitrogens with one attached hydrogen (secondary N) is 1. The van der Waals surface area contributed by atoms with E-state index in [0.717, 1.165) is 16.4 Å². The van der Waals surface area contributed by atoms with Gasteiger partial charge in [-0.15, -0.1) is 0 Å². The zero-order valence-corrected chi connectivity index (χ0v) is 13.1. The Morgan fingerprint density at radius 3 is 2.87 bits per heavy atom. The lowest BCUT2D eigenvalue weighted by atomic mass is 10.2. The second-order valence-corrected chi connectivity index (χ2v) is 5.69. The molecule has 2 fully saturated rings. The van der Waals surface area contributed by atoms with Crippen LogP contribution in [0.2, 0.25) is 0 Å². The Bertz CT molecular complexity index is 640. The zero-order chi connectivity index (χ0) is 16.6. The zero-order valence-electron chi connectivity index (χ0n) is 13.1. The number of nitrogens with zero attached hydrogens (tertiary/aromatic N) is 4. The van der Waals surface area contributed by atoms with Gasteiger partial charge in [0.15, 0.2) is 0 Å². The van der Waals surface area contributed by atoms with Crippen molar-refractivity contribution in [2.45, 2.75) is 13.0 Å². The predicted molar refractivity (Wildman–Crippen MR) is 78.3 cm³/mol. The SMILES string of the molecule is Cc1cn(C)c([C@H]2CN(C(=O)CN3C(=O)CNC3=O)CCO2)n1. The molecule has 1 aromatic rings. The molecule has 0 unspecified atom stereocenters. The number of hydrogen-bond acceptors (Lipinski definition) is 5. The van der Waals surface area contributed by atoms with E-state index in [9.17, 15) is 14.4 Å². The molecule has 23 heavy (non-hydrogen) atoms. The van der Waals surface area contributed by atoms with Gasteiger partial charge in [-0.2, -0.15) is 0 Å². The first kappa shape index (κ1) is 15.5. The van der Waals surface area contributed by atoms with Crippen LogP contribution in [-0.4, -0.2) is 70.0 Å². The maximum atomic E-state index is 12.4. The van der Waals surface area contributed by atoms with Crippen LogP contribution in [-0.2, 0) is 21.4 Å². The summed E-state index contributed by atoms with van der Waals surface area (Å²) in [6, 6.07) is -0.520. The Morgan fingerprint density at radius 2 is 2.26 bits per heavy atom. The third-order valence-electron chi connectivity index (χ3n) is 3.97. The Hall–Kier alpha value is -2.42. The van der Waals surface area contributed by atoms with Crippen LogP contribution in [0.15, 0.2) is 6.20 Å². The monoisotopic (exact) mass is 321 g/mol. The lowest BCUT2D eigenvalue weighted by molar-refractivity contribution is -0.142. The van der Waals surface area contributed by atoms with E-state index in [0.29, 0.717) is 19.7 Å². The summed E-state index contributed by atoms with van der Waals surface area (Å²) in [5.41, 5.74) is 0.883. The summed E-state index contributed by atoms with van der Waals surface area (Å²) in [7, 11) is 1.88. The molecule has 0 aromatic carbocycles. The smallest absolute Gasteiger partial charge is 0.325 e. The van der Waals surface area contributed by atoms with Crippen LogP contribution >= 0.6 is 0 Å². The molecule has 1 atom stereocenters. The first-order valence-corrected chi connectivity index (χ1v) is 7.43. The van der Waals surface area contributed by atoms with Crippen LogP contribution in [0.3, 0.4) is 0 Å². The van der Waals surface area contributed by atoms with E-state index in [-0.39, 0.29) is 31.0 Å². The highest BCUT2D eigenvalue weighted by Crippen LogP contribution is 2.21. The first-order valence-electron chi connectivity index (χ1n) is 7.43. The summed E-state index contributed by atoms with van der Waals surface area (Å²) in [6.07, 6.45) is 1.58. The number of carbonyl (C=O) groups excluding carboxylic acids is 3. The highest BCUT2D eigenvalue weighted by molar-refractivity contribution is 6.04. The maximum absolute atomic E-state index is 12.4. The summed E-state index contributed by atoms with van der Waals surface area (Å²) in [4.78, 5) is 42.4. The summed E-state index contributed by atoms with van der Waals surface area (Å²) in [5, 5.41) is 2.40. The number of aromatic nitrogens is 2. The van der Waals surface area contributed by atoms with E-state index < -0.39 is 6.03 Å². The lowest BCUT2D eigenvalue weighted by Crippen LogP contribution is -2.48. The number of rotatable bonds is 3. The third-order valence-corrected chi connectivity index (χ3v) is 3.97. The van der Waals surface area contributed by atoms with Gasteiger partial charge < -0.3 is 19.5 Å². The minimum Gasteiger partial charge on any atom is -0.367 e. The van der Waals surface area contributed by atoms with E-state index in [2.05, 4.69) is 10.3 Å². The number of carbonyl (C=O) groups is 3. The van der Waals surface area contributed by atoms with Gasteiger partial charge >= 0.3 is 6.03 Å². The van der Waals surface area contributed by atoms with Gasteiger partial charge in [0.05, 0.1) is 25.4 Å². The molecule has 2 saturated heterocycles. The van der Waals surface area contributed by atoms with Crippen molar-refractivity contribution in [3.05, 3.63) is 17.7 Å². The normalized spacial score (nSPS) is 21.7. The molecule has 0 radical (unpaired) electrons. The number of hydrogen-bond donors (Lipinski definition) is 1. The predicted octanol–water partition coefficient (Wildman–Crippen LogP) is -0.820. The molecule has 9 heteroatoms. The molecule has 3 heterocycles. The number of ether oxygens (including phenoxy) is 1. The molecule has 2 aliphatic rings. The van der Waals surface area contributed by atoms with Crippen LogP contribution in [0, 0.1) is 6.92 Å². The Balaban J connectivity index is 1.66. The largest absolute Gasteiger partial charge is 0.367 e. The van der Waals surface area contributed by atoms with Crippen LogP contribution < -0.4 is 5.32 Å². The van der Waals surface area contributed by atoms with Gasteiger partial charge in [0.1, 0.15) is 18.5 Å². The van der Waals surface area contributed by atoms with Crippen LogP contribution in [0.5, 0.6) is 0 Å². The molecule has 4 amide bonds. The molecule has 3 rings (SSSR count). The Morgan fingerprint density at radius 1 is 1.48 bits per heavy atom. The van der Waals surface area contributed by atoms with E-state index in [1.807, 2.05) is 24.7 Å². The summed E-state index contributed by atoms with van der Waals surface area (Å²) in [5.74, 6) is 0.109. The molecular formula is C14H19N5O4. The fourth-order valence-corrected chi connectivity index (χ4v) is 2.82. The molecule has 124 valence electrons. The van der Waals surface area contributed by atoms with Crippen molar-refractivity contribution in [3.63, 3.8) is 0 Å². The molecular weight excluding hydrogens is 302 g/mol. The van der Waals surface area contributed by atoms with E-state index in [1.165, 1.54) is 0 Å². The van der Waals surface area contributed by atoms with Crippen molar-refractivity contribution in [1.82, 2.24) is 24.7 Å². The topological polar surface area (TPSA) is 96.8 Å². The standard InChI is InChI=1S/C14H19N5O4/c1-9-6-17(2)13(16-9)10-7-18(3-4-23-10)12(21)8-19-11(20)5-15-14(19)22/h6,10H,3-5,7-8H2,1-2H3,(H,15,22)/t10-/m1/s1. The van der Waals surface area contributed by atoms with Crippen LogP contribution in [0.25, 0.3) is 0 Å². The molecule has 9 nitrogen and oxygen atoms in total.